The summed E-state index contributed by atoms with van der Waals surface area (Å²) in [4.78, 5) is 24.8. The number of ether oxygens (including phenoxy) is 2. The van der Waals surface area contributed by atoms with Crippen molar-refractivity contribution in [1.82, 2.24) is 0 Å². The molecule has 4 aliphatic carbocycles. The Morgan fingerprint density at radius 2 is 1.97 bits per heavy atom. The summed E-state index contributed by atoms with van der Waals surface area (Å²) in [5.41, 5.74) is -1.62. The van der Waals surface area contributed by atoms with E-state index in [1.807, 2.05) is 13.8 Å². The minimum atomic E-state index is -1.09. The van der Waals surface area contributed by atoms with Crippen LogP contribution in [-0.4, -0.2) is 40.2 Å². The molecule has 4 aliphatic rings. The summed E-state index contributed by atoms with van der Waals surface area (Å²) in [6, 6.07) is 0. The van der Waals surface area contributed by atoms with Crippen LogP contribution in [-0.2, 0) is 19.1 Å². The Labute approximate surface area is 207 Å². The Bertz CT molecular complexity index is 917. The van der Waals surface area contributed by atoms with Crippen LogP contribution < -0.4 is 0 Å². The smallest absolute Gasteiger partial charge is 0.306 e. The lowest BCUT2D eigenvalue weighted by molar-refractivity contribution is -0.189. The van der Waals surface area contributed by atoms with Crippen LogP contribution in [0.1, 0.15) is 86.0 Å². The van der Waals surface area contributed by atoms with Gasteiger partial charge in [-0.3, -0.25) is 9.59 Å². The number of Topliss-reactive ketones (excluding diaryl/α,β-unsaturated/α-hetero) is 1. The number of allylic oxidation sites excluding steroid dienone is 1. The summed E-state index contributed by atoms with van der Waals surface area (Å²) in [6.07, 6.45) is 3.50. The largest absolute Gasteiger partial charge is 0.483 e. The third-order valence-electron chi connectivity index (χ3n) is 9.83. The van der Waals surface area contributed by atoms with Gasteiger partial charge in [-0.15, -0.1) is 0 Å². The van der Waals surface area contributed by atoms with E-state index < -0.39 is 34.1 Å². The van der Waals surface area contributed by atoms with Crippen LogP contribution in [0.5, 0.6) is 0 Å². The average molecular weight is 495 g/mol. The van der Waals surface area contributed by atoms with Crippen molar-refractivity contribution in [3.8, 4) is 0 Å². The molecule has 0 bridgehead atoms. The fourth-order valence-electron chi connectivity index (χ4n) is 8.34. The molecular formula is C27H39FO5S. The van der Waals surface area contributed by atoms with Gasteiger partial charge in [-0.2, -0.15) is 0 Å². The van der Waals surface area contributed by atoms with Crippen LogP contribution >= 0.6 is 12.2 Å². The van der Waals surface area contributed by atoms with Crippen molar-refractivity contribution in [2.24, 2.45) is 34.5 Å². The number of esters is 1. The number of hydrogen-bond donors (Lipinski definition) is 1. The van der Waals surface area contributed by atoms with E-state index in [9.17, 15) is 19.1 Å². The van der Waals surface area contributed by atoms with Gasteiger partial charge in [-0.05, 0) is 79.5 Å². The molecule has 0 unspecified atom stereocenters. The number of fused-ring (bicyclic) bond motifs is 5. The van der Waals surface area contributed by atoms with Gasteiger partial charge in [0, 0.05) is 24.2 Å². The van der Waals surface area contributed by atoms with Gasteiger partial charge < -0.3 is 14.6 Å². The molecule has 7 heteroatoms. The highest BCUT2D eigenvalue weighted by Crippen LogP contribution is 2.70. The van der Waals surface area contributed by atoms with Crippen molar-refractivity contribution in [3.05, 3.63) is 11.4 Å². The molecule has 190 valence electrons. The molecule has 5 nitrogen and oxygen atoms in total. The molecule has 0 aliphatic heterocycles. The number of halogens is 1. The zero-order chi connectivity index (χ0) is 25.1. The first kappa shape index (κ1) is 25.7. The first-order valence-corrected chi connectivity index (χ1v) is 13.4. The van der Waals surface area contributed by atoms with Crippen LogP contribution in [0.3, 0.4) is 0 Å². The second-order valence-electron chi connectivity index (χ2n) is 11.5. The Morgan fingerprint density at radius 3 is 2.62 bits per heavy atom. The van der Waals surface area contributed by atoms with E-state index in [0.717, 1.165) is 12.8 Å². The number of carbonyl (C=O) groups is 2. The van der Waals surface area contributed by atoms with Crippen LogP contribution in [0.2, 0.25) is 0 Å². The van der Waals surface area contributed by atoms with E-state index in [0.29, 0.717) is 42.9 Å². The van der Waals surface area contributed by atoms with E-state index in [2.05, 4.69) is 13.8 Å². The highest BCUT2D eigenvalue weighted by molar-refractivity contribution is 7.80. The molecule has 34 heavy (non-hydrogen) atoms. The van der Waals surface area contributed by atoms with Crippen LogP contribution in [0.4, 0.5) is 4.39 Å². The predicted molar refractivity (Wildman–Crippen MR) is 131 cm³/mol. The number of carbonyl (C=O) groups excluding carboxylic acids is 2. The molecule has 4 rings (SSSR count). The number of thiocarbonyl (C=S) groups is 1. The van der Waals surface area contributed by atoms with Gasteiger partial charge in [-0.25, -0.2) is 4.39 Å². The molecule has 0 aromatic rings. The van der Waals surface area contributed by atoms with Crippen molar-refractivity contribution in [2.75, 3.05) is 6.61 Å². The summed E-state index contributed by atoms with van der Waals surface area (Å²) in [5, 5.41) is 12.0. The van der Waals surface area contributed by atoms with Gasteiger partial charge in [-0.1, -0.05) is 34.6 Å². The van der Waals surface area contributed by atoms with Crippen LogP contribution in [0.15, 0.2) is 11.4 Å². The first-order valence-electron chi connectivity index (χ1n) is 13.0. The minimum Gasteiger partial charge on any atom is -0.483 e. The van der Waals surface area contributed by atoms with Crippen molar-refractivity contribution in [2.45, 2.75) is 97.7 Å². The Morgan fingerprint density at radius 1 is 1.26 bits per heavy atom. The fourth-order valence-corrected chi connectivity index (χ4v) is 8.90. The second-order valence-corrected chi connectivity index (χ2v) is 11.9. The number of hydrogen-bond acceptors (Lipinski definition) is 6. The van der Waals surface area contributed by atoms with Gasteiger partial charge in [0.2, 0.25) is 5.05 Å². The van der Waals surface area contributed by atoms with Crippen molar-refractivity contribution < 1.29 is 28.6 Å². The van der Waals surface area contributed by atoms with Gasteiger partial charge in [0.1, 0.15) is 0 Å². The van der Waals surface area contributed by atoms with Gasteiger partial charge in [0.05, 0.1) is 12.7 Å². The zero-order valence-electron chi connectivity index (χ0n) is 21.1. The molecule has 8 atom stereocenters. The Kier molecular flexibility index (Phi) is 6.78. The molecule has 0 aromatic carbocycles. The normalized spacial score (nSPS) is 43.6. The topological polar surface area (TPSA) is 72.8 Å². The maximum absolute atomic E-state index is 14.9. The maximum Gasteiger partial charge on any atom is 0.306 e. The van der Waals surface area contributed by atoms with Crippen molar-refractivity contribution in [1.29, 1.82) is 0 Å². The number of aliphatic hydroxyl groups is 1. The standard InChI is InChI=1S/C27H39FO5S/c1-6-12-32-24(34)27(33-21(31)7-2)15(3)13-18-16-8-9-17-23(28)19(29)10-11-25(17,4)22(16)20(30)14-26(18,27)5/h15-16,18,20,22,30H,6-14H2,1-5H3/t15-,16+,18+,20+,22-,25+,26+,27+/m1/s1. The lowest BCUT2D eigenvalue weighted by Crippen LogP contribution is -2.64. The number of ketones is 1. The summed E-state index contributed by atoms with van der Waals surface area (Å²) in [6.45, 7) is 10.4. The summed E-state index contributed by atoms with van der Waals surface area (Å²) in [7, 11) is 0. The van der Waals surface area contributed by atoms with Gasteiger partial charge in [0.15, 0.2) is 17.2 Å². The van der Waals surface area contributed by atoms with E-state index in [1.54, 1.807) is 6.92 Å². The summed E-state index contributed by atoms with van der Waals surface area (Å²) >= 11 is 5.83. The molecule has 0 amide bonds. The molecule has 0 heterocycles. The summed E-state index contributed by atoms with van der Waals surface area (Å²) in [5.74, 6) is -1.23. The SMILES string of the molecule is CCCOC(=S)[C@@]1(OC(=O)CC)[C@H](C)C[C@H]2[C@@H]3CCC4=C(F)C(=O)CC[C@]4(C)[C@H]3[C@@H](O)C[C@@]21C. The highest BCUT2D eigenvalue weighted by Gasteiger charge is 2.72. The Balaban J connectivity index is 1.78. The molecule has 0 aromatic heterocycles. The van der Waals surface area contributed by atoms with Crippen LogP contribution in [0, 0.1) is 34.5 Å². The molecular weight excluding hydrogens is 455 g/mol. The molecule has 3 saturated carbocycles. The van der Waals surface area contributed by atoms with Crippen LogP contribution in [0.25, 0.3) is 0 Å². The number of aliphatic hydroxyl groups excluding tert-OH is 1. The highest BCUT2D eigenvalue weighted by atomic mass is 32.1. The van der Waals surface area contributed by atoms with Gasteiger partial charge in [0.25, 0.3) is 0 Å². The van der Waals surface area contributed by atoms with E-state index in [1.165, 1.54) is 0 Å². The van der Waals surface area contributed by atoms with E-state index in [-0.39, 0.29) is 42.5 Å². The lowest BCUT2D eigenvalue weighted by atomic mass is 9.45. The first-order chi connectivity index (χ1) is 16.0. The molecule has 1 N–H and O–H groups in total. The fraction of sp³-hybridized carbons (Fsp3) is 0.815. The maximum atomic E-state index is 14.9. The predicted octanol–water partition coefficient (Wildman–Crippen LogP) is 5.48. The second kappa shape index (κ2) is 8.95. The van der Waals surface area contributed by atoms with Crippen molar-refractivity contribution in [3.63, 3.8) is 0 Å². The molecule has 3 fully saturated rings. The van der Waals surface area contributed by atoms with Crippen molar-refractivity contribution >= 4 is 29.0 Å². The lowest BCUT2D eigenvalue weighted by Gasteiger charge is -2.60. The third-order valence-corrected chi connectivity index (χ3v) is 10.3. The summed E-state index contributed by atoms with van der Waals surface area (Å²) < 4.78 is 27.2. The van der Waals surface area contributed by atoms with E-state index >= 15 is 0 Å². The molecule has 0 radical (unpaired) electrons. The zero-order valence-corrected chi connectivity index (χ0v) is 21.9. The number of rotatable bonds is 5. The Hall–Kier alpha value is -1.34. The van der Waals surface area contributed by atoms with Gasteiger partial charge >= 0.3 is 5.97 Å². The quantitative estimate of drug-likeness (QED) is 0.403. The minimum absolute atomic E-state index is 0.0669. The monoisotopic (exact) mass is 494 g/mol. The van der Waals surface area contributed by atoms with E-state index in [4.69, 9.17) is 21.7 Å². The molecule has 0 spiro atoms. The average Bonchev–Trinajstić information content (AvgIpc) is 3.01. The molecule has 0 saturated heterocycles. The third kappa shape index (κ3) is 3.43.